The van der Waals surface area contributed by atoms with Gasteiger partial charge in [0.25, 0.3) is 11.8 Å². The molecule has 0 saturated carbocycles. The highest BCUT2D eigenvalue weighted by molar-refractivity contribution is 7.89. The van der Waals surface area contributed by atoms with Crippen LogP contribution in [0.4, 0.5) is 0 Å². The van der Waals surface area contributed by atoms with Crippen LogP contribution in [0, 0.1) is 0 Å². The molecule has 3 aromatic rings. The molecule has 2 heterocycles. The van der Waals surface area contributed by atoms with Crippen LogP contribution < -0.4 is 4.72 Å². The number of aryl methyl sites for hydroxylation is 1. The molecule has 0 saturated heterocycles. The minimum absolute atomic E-state index is 0.180. The first kappa shape index (κ1) is 21.5. The summed E-state index contributed by atoms with van der Waals surface area (Å²) < 4.78 is 28.8. The molecule has 0 radical (unpaired) electrons. The van der Waals surface area contributed by atoms with Gasteiger partial charge in [-0.3, -0.25) is 19.5 Å². The molecule has 2 aromatic carbocycles. The van der Waals surface area contributed by atoms with Gasteiger partial charge in [0.15, 0.2) is 0 Å². The largest absolute Gasteiger partial charge is 0.280 e. The van der Waals surface area contributed by atoms with Crippen molar-refractivity contribution in [2.24, 2.45) is 0 Å². The summed E-state index contributed by atoms with van der Waals surface area (Å²) >= 11 is 0. The van der Waals surface area contributed by atoms with Gasteiger partial charge < -0.3 is 0 Å². The number of amides is 2. The summed E-state index contributed by atoms with van der Waals surface area (Å²) in [5, 5.41) is 0. The Morgan fingerprint density at radius 2 is 1.76 bits per heavy atom. The van der Waals surface area contributed by atoms with Crippen LogP contribution in [0.2, 0.25) is 0 Å². The number of carbonyl (C=O) groups excluding carboxylic acids is 2. The van der Waals surface area contributed by atoms with Crippen molar-refractivity contribution in [2.75, 3.05) is 6.54 Å². The van der Waals surface area contributed by atoms with Gasteiger partial charge in [-0.05, 0) is 66.6 Å². The zero-order valence-corrected chi connectivity index (χ0v) is 18.7. The van der Waals surface area contributed by atoms with Gasteiger partial charge in [-0.2, -0.15) is 0 Å². The number of sulfonamides is 1. The molecule has 0 unspecified atom stereocenters. The first-order valence-electron chi connectivity index (χ1n) is 10.9. The summed E-state index contributed by atoms with van der Waals surface area (Å²) in [5.41, 5.74) is 3.56. The first-order chi connectivity index (χ1) is 15.9. The number of benzene rings is 2. The summed E-state index contributed by atoms with van der Waals surface area (Å²) in [6, 6.07) is 17.5. The molecule has 2 aliphatic rings. The van der Waals surface area contributed by atoms with E-state index in [2.05, 4.69) is 15.8 Å². The Hall–Kier alpha value is -3.36. The SMILES string of the molecule is O=C1c2cccnc2C(=O)N1CCc1ccc(S(=O)(=O)N[C@H]2CCCc3ccccc32)cc1. The van der Waals surface area contributed by atoms with E-state index < -0.39 is 15.9 Å². The van der Waals surface area contributed by atoms with Crippen LogP contribution in [0.25, 0.3) is 0 Å². The Morgan fingerprint density at radius 3 is 2.55 bits per heavy atom. The van der Waals surface area contributed by atoms with Gasteiger partial charge in [0.2, 0.25) is 10.0 Å². The third kappa shape index (κ3) is 4.07. The molecule has 1 aliphatic heterocycles. The van der Waals surface area contributed by atoms with E-state index in [1.807, 2.05) is 18.2 Å². The maximum absolute atomic E-state index is 13.0. The minimum atomic E-state index is -3.68. The van der Waals surface area contributed by atoms with Crippen LogP contribution in [-0.4, -0.2) is 36.7 Å². The average Bonchev–Trinajstić information content (AvgIpc) is 3.08. The van der Waals surface area contributed by atoms with E-state index >= 15 is 0 Å². The highest BCUT2D eigenvalue weighted by Crippen LogP contribution is 2.31. The Bertz CT molecular complexity index is 1300. The fraction of sp³-hybridized carbons (Fsp3) is 0.240. The maximum atomic E-state index is 13.0. The third-order valence-corrected chi connectivity index (χ3v) is 7.74. The highest BCUT2D eigenvalue weighted by Gasteiger charge is 2.36. The van der Waals surface area contributed by atoms with Crippen LogP contribution >= 0.6 is 0 Å². The molecule has 1 aromatic heterocycles. The van der Waals surface area contributed by atoms with Crippen molar-refractivity contribution in [3.63, 3.8) is 0 Å². The molecule has 1 aliphatic carbocycles. The van der Waals surface area contributed by atoms with Crippen LogP contribution in [0.1, 0.15) is 56.4 Å². The van der Waals surface area contributed by atoms with E-state index in [1.54, 1.807) is 36.4 Å². The van der Waals surface area contributed by atoms with Crippen LogP contribution in [0.15, 0.2) is 71.8 Å². The van der Waals surface area contributed by atoms with Gasteiger partial charge in [0.1, 0.15) is 5.69 Å². The number of aromatic nitrogens is 1. The van der Waals surface area contributed by atoms with E-state index in [0.717, 1.165) is 30.4 Å². The molecular weight excluding hydrogens is 438 g/mol. The maximum Gasteiger partial charge on any atom is 0.280 e. The zero-order valence-electron chi connectivity index (χ0n) is 17.9. The molecule has 1 atom stereocenters. The second-order valence-electron chi connectivity index (χ2n) is 8.32. The number of fused-ring (bicyclic) bond motifs is 2. The molecule has 1 N–H and O–H groups in total. The smallest absolute Gasteiger partial charge is 0.273 e. The highest BCUT2D eigenvalue weighted by atomic mass is 32.2. The number of rotatable bonds is 6. The second-order valence-corrected chi connectivity index (χ2v) is 10.0. The fourth-order valence-electron chi connectivity index (χ4n) is 4.52. The number of hydrogen-bond acceptors (Lipinski definition) is 5. The summed E-state index contributed by atoms with van der Waals surface area (Å²) in [6.07, 6.45) is 4.59. The lowest BCUT2D eigenvalue weighted by Crippen LogP contribution is -2.32. The molecule has 7 nitrogen and oxygen atoms in total. The summed E-state index contributed by atoms with van der Waals surface area (Å²) in [7, 11) is -3.68. The van der Waals surface area contributed by atoms with Gasteiger partial charge >= 0.3 is 0 Å². The van der Waals surface area contributed by atoms with Crippen LogP contribution in [0.3, 0.4) is 0 Å². The van der Waals surface area contributed by atoms with Crippen LogP contribution in [0.5, 0.6) is 0 Å². The third-order valence-electron chi connectivity index (χ3n) is 6.26. The van der Waals surface area contributed by atoms with Crippen molar-refractivity contribution in [3.05, 3.63) is 94.8 Å². The number of nitrogens with zero attached hydrogens (tertiary/aromatic N) is 2. The Morgan fingerprint density at radius 1 is 0.970 bits per heavy atom. The topological polar surface area (TPSA) is 96.4 Å². The average molecular weight is 462 g/mol. The van der Waals surface area contributed by atoms with Gasteiger partial charge in [0.05, 0.1) is 10.5 Å². The summed E-state index contributed by atoms with van der Waals surface area (Å²) in [5.74, 6) is -0.744. The number of imide groups is 1. The molecule has 0 spiro atoms. The van der Waals surface area contributed by atoms with Crippen molar-refractivity contribution in [1.82, 2.24) is 14.6 Å². The van der Waals surface area contributed by atoms with E-state index in [9.17, 15) is 18.0 Å². The van der Waals surface area contributed by atoms with E-state index in [4.69, 9.17) is 0 Å². The van der Waals surface area contributed by atoms with Gasteiger partial charge in [0, 0.05) is 18.8 Å². The number of pyridine rings is 1. The molecule has 0 bridgehead atoms. The van der Waals surface area contributed by atoms with Gasteiger partial charge in [-0.1, -0.05) is 36.4 Å². The van der Waals surface area contributed by atoms with Crippen molar-refractivity contribution >= 4 is 21.8 Å². The van der Waals surface area contributed by atoms with E-state index in [0.29, 0.717) is 12.0 Å². The van der Waals surface area contributed by atoms with Crippen molar-refractivity contribution in [2.45, 2.75) is 36.6 Å². The lowest BCUT2D eigenvalue weighted by Gasteiger charge is -2.26. The van der Waals surface area contributed by atoms with Crippen molar-refractivity contribution < 1.29 is 18.0 Å². The first-order valence-corrected chi connectivity index (χ1v) is 12.4. The standard InChI is InChI=1S/C25H23N3O4S/c29-24-21-8-4-15-26-23(21)25(30)28(24)16-14-17-10-12-19(13-11-17)33(31,32)27-22-9-3-6-18-5-1-2-7-20(18)22/h1-2,4-5,7-8,10-13,15,22,27H,3,6,9,14,16H2/t22-/m0/s1. The van der Waals surface area contributed by atoms with Gasteiger partial charge in [-0.15, -0.1) is 0 Å². The second kappa shape index (κ2) is 8.53. The lowest BCUT2D eigenvalue weighted by atomic mass is 9.88. The quantitative estimate of drug-likeness (QED) is 0.569. The van der Waals surface area contributed by atoms with Crippen molar-refractivity contribution in [1.29, 1.82) is 0 Å². The number of nitrogens with one attached hydrogen (secondary N) is 1. The van der Waals surface area contributed by atoms with Crippen LogP contribution in [-0.2, 0) is 22.9 Å². The Balaban J connectivity index is 1.26. The Kier molecular flexibility index (Phi) is 5.55. The van der Waals surface area contributed by atoms with Crippen molar-refractivity contribution in [3.8, 4) is 0 Å². The predicted octanol–water partition coefficient (Wildman–Crippen LogP) is 3.28. The van der Waals surface area contributed by atoms with E-state index in [-0.39, 0.29) is 29.1 Å². The molecule has 5 rings (SSSR count). The predicted molar refractivity (Wildman–Crippen MR) is 122 cm³/mol. The monoisotopic (exact) mass is 461 g/mol. The molecule has 2 amide bonds. The minimum Gasteiger partial charge on any atom is -0.273 e. The van der Waals surface area contributed by atoms with Gasteiger partial charge in [-0.25, -0.2) is 13.1 Å². The summed E-state index contributed by atoms with van der Waals surface area (Å²) in [4.78, 5) is 30.3. The number of carbonyl (C=O) groups is 2. The fourth-order valence-corrected chi connectivity index (χ4v) is 5.77. The normalized spacial score (nSPS) is 17.7. The molecular formula is C25H23N3O4S. The molecule has 33 heavy (non-hydrogen) atoms. The van der Waals surface area contributed by atoms with E-state index in [1.165, 1.54) is 16.7 Å². The molecule has 168 valence electrons. The Labute approximate surface area is 192 Å². The zero-order chi connectivity index (χ0) is 23.0. The number of hydrogen-bond donors (Lipinski definition) is 1. The lowest BCUT2D eigenvalue weighted by molar-refractivity contribution is 0.0654. The molecule has 8 heteroatoms. The molecule has 0 fully saturated rings. The summed E-state index contributed by atoms with van der Waals surface area (Å²) in [6.45, 7) is 0.206.